The molecule has 0 saturated heterocycles. The van der Waals surface area contributed by atoms with Crippen molar-refractivity contribution in [1.82, 2.24) is 0 Å². The van der Waals surface area contributed by atoms with Crippen molar-refractivity contribution in [2.45, 2.75) is 19.2 Å². The minimum Gasteiger partial charge on any atom is -0.494 e. The number of halogens is 2. The van der Waals surface area contributed by atoms with E-state index in [9.17, 15) is 0 Å². The van der Waals surface area contributed by atoms with Crippen LogP contribution < -0.4 is 4.74 Å². The smallest absolute Gasteiger partial charge is 0.120 e. The van der Waals surface area contributed by atoms with Gasteiger partial charge in [0.25, 0.3) is 0 Å². The first-order chi connectivity index (χ1) is 9.11. The largest absolute Gasteiger partial charge is 0.494 e. The molecule has 2 aromatic carbocycles. The summed E-state index contributed by atoms with van der Waals surface area (Å²) in [5, 5.41) is -0.162. The van der Waals surface area contributed by atoms with Gasteiger partial charge < -0.3 is 4.74 Å². The summed E-state index contributed by atoms with van der Waals surface area (Å²) in [5.41, 5.74) is 3.37. The number of rotatable bonds is 4. The van der Waals surface area contributed by atoms with Gasteiger partial charge in [-0.1, -0.05) is 51.8 Å². The number of hydrogen-bond acceptors (Lipinski definition) is 1. The quantitative estimate of drug-likeness (QED) is 0.670. The SMILES string of the molecule is CCOc1ccc(C(Cl)c2cccc(C)c2)c(Br)c1. The monoisotopic (exact) mass is 338 g/mol. The maximum atomic E-state index is 6.57. The van der Waals surface area contributed by atoms with Crippen molar-refractivity contribution in [2.24, 2.45) is 0 Å². The van der Waals surface area contributed by atoms with Gasteiger partial charge in [-0.15, -0.1) is 11.6 Å². The molecule has 1 nitrogen and oxygen atoms in total. The van der Waals surface area contributed by atoms with E-state index in [1.54, 1.807) is 0 Å². The zero-order valence-corrected chi connectivity index (χ0v) is 13.3. The van der Waals surface area contributed by atoms with E-state index in [-0.39, 0.29) is 5.38 Å². The van der Waals surface area contributed by atoms with Gasteiger partial charge in [-0.25, -0.2) is 0 Å². The molecule has 0 aliphatic heterocycles. The van der Waals surface area contributed by atoms with Crippen molar-refractivity contribution < 1.29 is 4.74 Å². The highest BCUT2D eigenvalue weighted by atomic mass is 79.9. The molecule has 0 aliphatic rings. The zero-order chi connectivity index (χ0) is 13.8. The molecule has 2 rings (SSSR count). The molecule has 0 fully saturated rings. The molecule has 3 heteroatoms. The Labute approximate surface area is 127 Å². The normalized spacial score (nSPS) is 12.2. The first-order valence-electron chi connectivity index (χ1n) is 6.24. The maximum absolute atomic E-state index is 6.57. The summed E-state index contributed by atoms with van der Waals surface area (Å²) >= 11 is 10.1. The number of aryl methyl sites for hydroxylation is 1. The van der Waals surface area contributed by atoms with Gasteiger partial charge in [0.05, 0.1) is 12.0 Å². The predicted octanol–water partition coefficient (Wildman–Crippen LogP) is 5.48. The molecule has 1 atom stereocenters. The van der Waals surface area contributed by atoms with Crippen molar-refractivity contribution in [3.63, 3.8) is 0 Å². The van der Waals surface area contributed by atoms with E-state index < -0.39 is 0 Å². The summed E-state index contributed by atoms with van der Waals surface area (Å²) in [5.74, 6) is 0.853. The third kappa shape index (κ3) is 3.52. The van der Waals surface area contributed by atoms with Crippen molar-refractivity contribution in [1.29, 1.82) is 0 Å². The van der Waals surface area contributed by atoms with Crippen LogP contribution in [0.4, 0.5) is 0 Å². The average molecular weight is 340 g/mol. The van der Waals surface area contributed by atoms with Gasteiger partial charge in [-0.2, -0.15) is 0 Å². The Morgan fingerprint density at radius 3 is 2.63 bits per heavy atom. The standard InChI is InChI=1S/C16H16BrClO/c1-3-19-13-7-8-14(15(17)10-13)16(18)12-6-4-5-11(2)9-12/h4-10,16H,3H2,1-2H3. The van der Waals surface area contributed by atoms with Crippen LogP contribution in [0.3, 0.4) is 0 Å². The summed E-state index contributed by atoms with van der Waals surface area (Å²) in [6.45, 7) is 4.70. The molecule has 0 N–H and O–H groups in total. The van der Waals surface area contributed by atoms with Gasteiger partial charge in [-0.3, -0.25) is 0 Å². The van der Waals surface area contributed by atoms with Gasteiger partial charge in [0, 0.05) is 4.47 Å². The van der Waals surface area contributed by atoms with Crippen molar-refractivity contribution >= 4 is 27.5 Å². The average Bonchev–Trinajstić information content (AvgIpc) is 2.38. The van der Waals surface area contributed by atoms with Crippen LogP contribution in [0, 0.1) is 6.92 Å². The molecule has 0 spiro atoms. The third-order valence-corrected chi connectivity index (χ3v) is 4.06. The Bertz CT molecular complexity index is 568. The first kappa shape index (κ1) is 14.4. The minimum atomic E-state index is -0.162. The second-order valence-corrected chi connectivity index (χ2v) is 5.68. The van der Waals surface area contributed by atoms with Crippen LogP contribution in [0.15, 0.2) is 46.9 Å². The maximum Gasteiger partial charge on any atom is 0.120 e. The van der Waals surface area contributed by atoms with Crippen molar-refractivity contribution in [3.05, 3.63) is 63.6 Å². The lowest BCUT2D eigenvalue weighted by molar-refractivity contribution is 0.340. The Hall–Kier alpha value is -0.990. The summed E-state index contributed by atoms with van der Waals surface area (Å²) in [6.07, 6.45) is 0. The fourth-order valence-corrected chi connectivity index (χ4v) is 3.02. The molecule has 0 aliphatic carbocycles. The van der Waals surface area contributed by atoms with E-state index in [2.05, 4.69) is 35.0 Å². The van der Waals surface area contributed by atoms with E-state index in [4.69, 9.17) is 16.3 Å². The lowest BCUT2D eigenvalue weighted by Gasteiger charge is -2.14. The summed E-state index contributed by atoms with van der Waals surface area (Å²) in [7, 11) is 0. The number of benzene rings is 2. The molecular weight excluding hydrogens is 324 g/mol. The Balaban J connectivity index is 2.31. The van der Waals surface area contributed by atoms with Crippen LogP contribution in [-0.4, -0.2) is 6.61 Å². The van der Waals surface area contributed by atoms with Gasteiger partial charge in [0.2, 0.25) is 0 Å². The van der Waals surface area contributed by atoms with Crippen molar-refractivity contribution in [2.75, 3.05) is 6.61 Å². The molecule has 2 aromatic rings. The first-order valence-corrected chi connectivity index (χ1v) is 7.47. The van der Waals surface area contributed by atoms with Gasteiger partial charge in [0.15, 0.2) is 0 Å². The Morgan fingerprint density at radius 2 is 2.00 bits per heavy atom. The zero-order valence-electron chi connectivity index (χ0n) is 11.0. The van der Waals surface area contributed by atoms with Crippen LogP contribution in [0.25, 0.3) is 0 Å². The molecule has 0 amide bonds. The molecule has 19 heavy (non-hydrogen) atoms. The topological polar surface area (TPSA) is 9.23 Å². The Morgan fingerprint density at radius 1 is 1.21 bits per heavy atom. The molecular formula is C16H16BrClO. The molecule has 0 radical (unpaired) electrons. The van der Waals surface area contributed by atoms with E-state index >= 15 is 0 Å². The summed E-state index contributed by atoms with van der Waals surface area (Å²) in [4.78, 5) is 0. The number of ether oxygens (including phenoxy) is 1. The highest BCUT2D eigenvalue weighted by Crippen LogP contribution is 2.35. The second-order valence-electron chi connectivity index (χ2n) is 4.39. The predicted molar refractivity (Wildman–Crippen MR) is 84.2 cm³/mol. The number of alkyl halides is 1. The van der Waals surface area contributed by atoms with E-state index in [1.807, 2.05) is 37.3 Å². The fourth-order valence-electron chi connectivity index (χ4n) is 1.98. The molecule has 0 aromatic heterocycles. The van der Waals surface area contributed by atoms with Crippen LogP contribution in [-0.2, 0) is 0 Å². The van der Waals surface area contributed by atoms with Crippen molar-refractivity contribution in [3.8, 4) is 5.75 Å². The van der Waals surface area contributed by atoms with E-state index in [0.29, 0.717) is 6.61 Å². The van der Waals surface area contributed by atoms with Crippen LogP contribution in [0.2, 0.25) is 0 Å². The van der Waals surface area contributed by atoms with Gasteiger partial charge in [-0.05, 0) is 37.1 Å². The van der Waals surface area contributed by atoms with Gasteiger partial charge >= 0.3 is 0 Å². The molecule has 0 bridgehead atoms. The van der Waals surface area contributed by atoms with Crippen LogP contribution in [0.5, 0.6) is 5.75 Å². The highest BCUT2D eigenvalue weighted by Gasteiger charge is 2.14. The Kier molecular flexibility index (Phi) is 4.89. The third-order valence-electron chi connectivity index (χ3n) is 2.89. The fraction of sp³-hybridized carbons (Fsp3) is 0.250. The minimum absolute atomic E-state index is 0.162. The highest BCUT2D eigenvalue weighted by molar-refractivity contribution is 9.10. The lowest BCUT2D eigenvalue weighted by Crippen LogP contribution is -1.97. The van der Waals surface area contributed by atoms with Crippen LogP contribution in [0.1, 0.15) is 29.0 Å². The molecule has 100 valence electrons. The molecule has 0 heterocycles. The number of hydrogen-bond donors (Lipinski definition) is 0. The van der Waals surface area contributed by atoms with Gasteiger partial charge in [0.1, 0.15) is 5.75 Å². The molecule has 0 saturated carbocycles. The second kappa shape index (κ2) is 6.44. The van der Waals surface area contributed by atoms with E-state index in [1.165, 1.54) is 5.56 Å². The summed E-state index contributed by atoms with van der Waals surface area (Å²) in [6, 6.07) is 14.2. The molecule has 1 unspecified atom stereocenters. The summed E-state index contributed by atoms with van der Waals surface area (Å²) < 4.78 is 6.45. The lowest BCUT2D eigenvalue weighted by atomic mass is 10.0. The van der Waals surface area contributed by atoms with Crippen LogP contribution >= 0.6 is 27.5 Å². The van der Waals surface area contributed by atoms with E-state index in [0.717, 1.165) is 21.3 Å².